The first kappa shape index (κ1) is 34.9. The molecule has 0 aliphatic rings. The quantitative estimate of drug-likeness (QED) is 0.142. The van der Waals surface area contributed by atoms with Crippen molar-refractivity contribution in [1.29, 1.82) is 0 Å². The Morgan fingerprint density at radius 3 is 0.897 bits per heavy atom. The fourth-order valence-electron chi connectivity index (χ4n) is 8.08. The van der Waals surface area contributed by atoms with Crippen LogP contribution >= 0.6 is 0 Å². The van der Waals surface area contributed by atoms with Crippen molar-refractivity contribution in [3.63, 3.8) is 0 Å². The predicted octanol–water partition coefficient (Wildman–Crippen LogP) is 12.5. The standard InChI is InChI=1S/C50H38N8/c1-31-5-13-35(14-6-31)57(36-15-7-32(2)8-16-36)45-25-43(49-53-27-51-28-54-49)39-22-24-42-46(58(37-17-9-33(3)10-18-37)38-19-11-34(4)12-20-38)26-44(50-55-29-52-30-56-50)40-21-23-41(45)47(39)48(40)42/h5-30H,1-4H3. The van der Waals surface area contributed by atoms with Crippen LogP contribution in [0.2, 0.25) is 0 Å². The number of aryl methyl sites for hydroxylation is 4. The summed E-state index contributed by atoms with van der Waals surface area (Å²) in [6, 6.07) is 48.2. The van der Waals surface area contributed by atoms with E-state index in [-0.39, 0.29) is 0 Å². The summed E-state index contributed by atoms with van der Waals surface area (Å²) >= 11 is 0. The molecule has 0 atom stereocenters. The molecule has 0 fully saturated rings. The molecule has 0 amide bonds. The van der Waals surface area contributed by atoms with Crippen LogP contribution in [0.1, 0.15) is 22.3 Å². The highest BCUT2D eigenvalue weighted by Gasteiger charge is 2.26. The summed E-state index contributed by atoms with van der Waals surface area (Å²) in [4.78, 5) is 32.0. The van der Waals surface area contributed by atoms with Crippen molar-refractivity contribution in [3.8, 4) is 22.8 Å². The van der Waals surface area contributed by atoms with Crippen molar-refractivity contribution in [2.75, 3.05) is 9.80 Å². The topological polar surface area (TPSA) is 83.8 Å². The molecule has 0 saturated heterocycles. The fraction of sp³-hybridized carbons (Fsp3) is 0.0800. The van der Waals surface area contributed by atoms with E-state index in [4.69, 9.17) is 19.9 Å². The minimum atomic E-state index is 0.598. The molecule has 8 aromatic carbocycles. The van der Waals surface area contributed by atoms with E-state index in [0.717, 1.165) is 77.6 Å². The van der Waals surface area contributed by atoms with Crippen LogP contribution in [0.3, 0.4) is 0 Å². The van der Waals surface area contributed by atoms with Crippen LogP contribution in [0.5, 0.6) is 0 Å². The minimum Gasteiger partial charge on any atom is -0.310 e. The summed E-state index contributed by atoms with van der Waals surface area (Å²) in [6.45, 7) is 8.47. The van der Waals surface area contributed by atoms with Crippen LogP contribution in [-0.2, 0) is 0 Å². The predicted molar refractivity (Wildman–Crippen MR) is 236 cm³/mol. The summed E-state index contributed by atoms with van der Waals surface area (Å²) < 4.78 is 0. The summed E-state index contributed by atoms with van der Waals surface area (Å²) in [7, 11) is 0. The Bertz CT molecular complexity index is 2760. The van der Waals surface area contributed by atoms with Gasteiger partial charge in [0.2, 0.25) is 0 Å². The zero-order chi connectivity index (χ0) is 39.3. The van der Waals surface area contributed by atoms with Gasteiger partial charge in [-0.2, -0.15) is 0 Å². The van der Waals surface area contributed by atoms with E-state index >= 15 is 0 Å². The van der Waals surface area contributed by atoms with Crippen LogP contribution in [0.15, 0.2) is 159 Å². The molecule has 0 bridgehead atoms. The second-order valence-electron chi connectivity index (χ2n) is 14.9. The van der Waals surface area contributed by atoms with Gasteiger partial charge in [-0.3, -0.25) is 0 Å². The highest BCUT2D eigenvalue weighted by molar-refractivity contribution is 6.32. The number of hydrogen-bond acceptors (Lipinski definition) is 8. The van der Waals surface area contributed by atoms with Gasteiger partial charge in [-0.05, 0) is 99.1 Å². The van der Waals surface area contributed by atoms with E-state index in [1.54, 1.807) is 25.3 Å². The van der Waals surface area contributed by atoms with Crippen molar-refractivity contribution in [1.82, 2.24) is 29.9 Å². The first-order chi connectivity index (χ1) is 28.4. The van der Waals surface area contributed by atoms with Crippen LogP contribution in [0.4, 0.5) is 34.1 Å². The van der Waals surface area contributed by atoms with E-state index in [1.807, 2.05) is 0 Å². The molecule has 2 aromatic heterocycles. The zero-order valence-corrected chi connectivity index (χ0v) is 32.6. The lowest BCUT2D eigenvalue weighted by Crippen LogP contribution is -2.12. The zero-order valence-electron chi connectivity index (χ0n) is 32.6. The van der Waals surface area contributed by atoms with Gasteiger partial charge in [-0.1, -0.05) is 95.1 Å². The molecular formula is C50H38N8. The highest BCUT2D eigenvalue weighted by atomic mass is 15.2. The van der Waals surface area contributed by atoms with E-state index in [1.165, 1.54) is 22.3 Å². The Kier molecular flexibility index (Phi) is 8.52. The lowest BCUT2D eigenvalue weighted by molar-refractivity contribution is 1.06. The van der Waals surface area contributed by atoms with E-state index in [9.17, 15) is 0 Å². The van der Waals surface area contributed by atoms with E-state index in [2.05, 4.69) is 181 Å². The highest BCUT2D eigenvalue weighted by Crippen LogP contribution is 2.51. The normalized spacial score (nSPS) is 11.4. The number of hydrogen-bond donors (Lipinski definition) is 0. The molecule has 0 unspecified atom stereocenters. The third kappa shape index (κ3) is 6.03. The fourth-order valence-corrected chi connectivity index (χ4v) is 8.08. The molecule has 0 saturated carbocycles. The monoisotopic (exact) mass is 750 g/mol. The van der Waals surface area contributed by atoms with Gasteiger partial charge in [0, 0.05) is 55.4 Å². The maximum Gasteiger partial charge on any atom is 0.163 e. The van der Waals surface area contributed by atoms with Crippen molar-refractivity contribution in [3.05, 3.63) is 181 Å². The molecule has 10 rings (SSSR count). The number of rotatable bonds is 8. The Hall–Kier alpha value is -7.58. The minimum absolute atomic E-state index is 0.598. The number of nitrogens with zero attached hydrogens (tertiary/aromatic N) is 8. The van der Waals surface area contributed by atoms with Crippen molar-refractivity contribution in [2.24, 2.45) is 0 Å². The van der Waals surface area contributed by atoms with Gasteiger partial charge in [-0.15, -0.1) is 0 Å². The SMILES string of the molecule is Cc1ccc(N(c2ccc(C)cc2)c2cc(-c3ncncn3)c3ccc4c(N(c5ccc(C)cc5)c5ccc(C)cc5)cc(-c5ncncn5)c5ccc2c3c54)cc1. The number of aromatic nitrogens is 6. The lowest BCUT2D eigenvalue weighted by atomic mass is 9.87. The molecule has 8 nitrogen and oxygen atoms in total. The average Bonchev–Trinajstić information content (AvgIpc) is 3.26. The number of benzene rings is 8. The molecule has 0 spiro atoms. The van der Waals surface area contributed by atoms with Crippen molar-refractivity contribution >= 4 is 66.4 Å². The van der Waals surface area contributed by atoms with Gasteiger partial charge in [0.05, 0.1) is 11.4 Å². The molecule has 8 heteroatoms. The average molecular weight is 751 g/mol. The molecule has 2 heterocycles. The largest absolute Gasteiger partial charge is 0.310 e. The van der Waals surface area contributed by atoms with Crippen LogP contribution in [0.25, 0.3) is 55.1 Å². The summed E-state index contributed by atoms with van der Waals surface area (Å²) in [5, 5.41) is 6.43. The van der Waals surface area contributed by atoms with E-state index < -0.39 is 0 Å². The maximum absolute atomic E-state index is 4.73. The molecular weight excluding hydrogens is 713 g/mol. The Balaban J connectivity index is 1.37. The third-order valence-corrected chi connectivity index (χ3v) is 11.0. The summed E-state index contributed by atoms with van der Waals surface area (Å²) in [6.07, 6.45) is 6.26. The molecule has 0 N–H and O–H groups in total. The van der Waals surface area contributed by atoms with Crippen LogP contribution in [-0.4, -0.2) is 29.9 Å². The first-order valence-electron chi connectivity index (χ1n) is 19.3. The van der Waals surface area contributed by atoms with E-state index in [0.29, 0.717) is 11.6 Å². The Morgan fingerprint density at radius 1 is 0.328 bits per heavy atom. The lowest BCUT2D eigenvalue weighted by Gasteiger charge is -2.30. The van der Waals surface area contributed by atoms with Gasteiger partial charge in [0.15, 0.2) is 11.6 Å². The van der Waals surface area contributed by atoms with Gasteiger partial charge in [0.1, 0.15) is 25.3 Å². The molecule has 0 radical (unpaired) electrons. The third-order valence-electron chi connectivity index (χ3n) is 11.0. The van der Waals surface area contributed by atoms with Gasteiger partial charge in [0.25, 0.3) is 0 Å². The maximum atomic E-state index is 4.73. The Morgan fingerprint density at radius 2 is 0.603 bits per heavy atom. The summed E-state index contributed by atoms with van der Waals surface area (Å²) in [5.41, 5.74) is 12.8. The second kappa shape index (κ2) is 14.2. The molecule has 278 valence electrons. The van der Waals surface area contributed by atoms with Crippen molar-refractivity contribution < 1.29 is 0 Å². The van der Waals surface area contributed by atoms with Crippen LogP contribution in [0, 0.1) is 27.7 Å². The molecule has 0 aliphatic heterocycles. The molecule has 58 heavy (non-hydrogen) atoms. The van der Waals surface area contributed by atoms with Crippen molar-refractivity contribution in [2.45, 2.75) is 27.7 Å². The van der Waals surface area contributed by atoms with Crippen LogP contribution < -0.4 is 9.80 Å². The number of anilines is 6. The molecule has 0 aliphatic carbocycles. The second-order valence-corrected chi connectivity index (χ2v) is 14.9. The van der Waals surface area contributed by atoms with Gasteiger partial charge >= 0.3 is 0 Å². The molecule has 10 aromatic rings. The first-order valence-corrected chi connectivity index (χ1v) is 19.3. The smallest absolute Gasteiger partial charge is 0.163 e. The Labute approximate surface area is 336 Å². The van der Waals surface area contributed by atoms with Gasteiger partial charge in [-0.25, -0.2) is 29.9 Å². The summed E-state index contributed by atoms with van der Waals surface area (Å²) in [5.74, 6) is 1.20. The van der Waals surface area contributed by atoms with Gasteiger partial charge < -0.3 is 9.80 Å².